The van der Waals surface area contributed by atoms with Gasteiger partial charge in [-0.2, -0.15) is 0 Å². The molecule has 12 atom stereocenters. The van der Waals surface area contributed by atoms with E-state index in [2.05, 4.69) is 16.8 Å². The van der Waals surface area contributed by atoms with Gasteiger partial charge in [0.1, 0.15) is 16.8 Å². The van der Waals surface area contributed by atoms with Gasteiger partial charge in [-0.1, -0.05) is 31.2 Å². The highest BCUT2D eigenvalue weighted by Gasteiger charge is 2.88. The number of piperidine rings is 1. The number of methoxy groups -OCH3 is 2. The fraction of sp³-hybridized carbons (Fsp3) is 0.667. The summed E-state index contributed by atoms with van der Waals surface area (Å²) in [6.45, 7) is 3.09. The molecular weight excluding hydrogens is 636 g/mol. The van der Waals surface area contributed by atoms with Gasteiger partial charge in [0.05, 0.1) is 23.5 Å². The monoisotopic (exact) mass is 682 g/mol. The standard InChI is InChI=1S/C36H46N2O9S/c1-4-38-20-33(47-32(40)23-10-6-5-9-21(23)19-48(43,44)29-11-7-8-14-37-29)13-12-22(18-39)35-27(33)16-25(30(35)38)34(41)17-26(45-2)24-15-28(35)36(34,42)31(24)46-3/h5-11,14,22,24-28,30-31,39,41-42H,4,12-13,15-20H2,1-3H3/t22-,24-,25+,26+,27?,28?,30?,31+,33-,34+,35+,36+/m1/s1. The van der Waals surface area contributed by atoms with Crippen LogP contribution >= 0.6 is 0 Å². The Hall–Kier alpha value is -2.45. The van der Waals surface area contributed by atoms with Crippen LogP contribution in [-0.2, 0) is 29.8 Å². The number of ether oxygens (including phenoxy) is 3. The molecule has 1 aliphatic heterocycles. The van der Waals surface area contributed by atoms with Crippen molar-refractivity contribution in [2.75, 3.05) is 33.9 Å². The summed E-state index contributed by atoms with van der Waals surface area (Å²) in [6.07, 6.45) is 3.00. The normalized spacial score (nSPS) is 44.0. The summed E-state index contributed by atoms with van der Waals surface area (Å²) >= 11 is 0. The lowest BCUT2D eigenvalue weighted by Crippen LogP contribution is -2.82. The third-order valence-corrected chi connectivity index (χ3v) is 15.5. The molecule has 3 N–H and O–H groups in total. The van der Waals surface area contributed by atoms with Gasteiger partial charge in [-0.15, -0.1) is 0 Å². The van der Waals surface area contributed by atoms with E-state index in [1.54, 1.807) is 50.6 Å². The van der Waals surface area contributed by atoms with Gasteiger partial charge in [-0.25, -0.2) is 18.2 Å². The summed E-state index contributed by atoms with van der Waals surface area (Å²) in [5, 5.41) is 36.8. The smallest absolute Gasteiger partial charge is 0.339 e. The van der Waals surface area contributed by atoms with Gasteiger partial charge in [-0.05, 0) is 61.9 Å². The van der Waals surface area contributed by atoms with Crippen LogP contribution in [0.2, 0.25) is 0 Å². The first-order valence-electron chi connectivity index (χ1n) is 17.3. The number of nitrogens with zero attached hydrogens (tertiary/aromatic N) is 2. The Bertz CT molecular complexity index is 1710. The zero-order chi connectivity index (χ0) is 33.9. The molecule has 7 bridgehead atoms. The minimum atomic E-state index is -3.84. The van der Waals surface area contributed by atoms with Crippen molar-refractivity contribution in [2.45, 2.75) is 84.9 Å². The summed E-state index contributed by atoms with van der Waals surface area (Å²) in [4.78, 5) is 20.7. The van der Waals surface area contributed by atoms with Gasteiger partial charge < -0.3 is 29.5 Å². The van der Waals surface area contributed by atoms with Gasteiger partial charge in [0.25, 0.3) is 0 Å². The maximum Gasteiger partial charge on any atom is 0.339 e. The molecule has 0 amide bonds. The molecule has 5 saturated carbocycles. The number of sulfone groups is 1. The number of benzene rings is 1. The maximum absolute atomic E-state index is 14.4. The van der Waals surface area contributed by atoms with E-state index in [0.717, 1.165) is 0 Å². The summed E-state index contributed by atoms with van der Waals surface area (Å²) in [7, 11) is -0.598. The maximum atomic E-state index is 14.4. The molecule has 260 valence electrons. The molecule has 48 heavy (non-hydrogen) atoms. The van der Waals surface area contributed by atoms with Crippen molar-refractivity contribution in [3.63, 3.8) is 0 Å². The largest absolute Gasteiger partial charge is 0.454 e. The highest BCUT2D eigenvalue weighted by atomic mass is 32.2. The summed E-state index contributed by atoms with van der Waals surface area (Å²) < 4.78 is 45.4. The van der Waals surface area contributed by atoms with E-state index in [4.69, 9.17) is 14.2 Å². The summed E-state index contributed by atoms with van der Waals surface area (Å²) in [5.74, 6) is -2.32. The number of carbonyl (C=O) groups is 1. The van der Waals surface area contributed by atoms with E-state index in [0.29, 0.717) is 44.3 Å². The van der Waals surface area contributed by atoms with Crippen molar-refractivity contribution in [1.29, 1.82) is 0 Å². The van der Waals surface area contributed by atoms with E-state index in [1.807, 2.05) is 0 Å². The average Bonchev–Trinajstić information content (AvgIpc) is 3.51. The zero-order valence-corrected chi connectivity index (χ0v) is 28.5. The first-order valence-corrected chi connectivity index (χ1v) is 18.9. The summed E-state index contributed by atoms with van der Waals surface area (Å²) in [6, 6.07) is 11.2. The number of likely N-dealkylation sites (N-methyl/N-ethyl adjacent to an activating group) is 1. The number of aliphatic hydroxyl groups excluding tert-OH is 1. The molecule has 0 radical (unpaired) electrons. The molecule has 2 heterocycles. The van der Waals surface area contributed by atoms with E-state index >= 15 is 0 Å². The highest BCUT2D eigenvalue weighted by molar-refractivity contribution is 7.90. The van der Waals surface area contributed by atoms with E-state index < -0.39 is 55.8 Å². The van der Waals surface area contributed by atoms with Gasteiger partial charge in [-0.3, -0.25) is 4.90 Å². The third-order valence-electron chi connectivity index (χ3n) is 13.9. The average molecular weight is 683 g/mol. The number of fused-ring (bicyclic) bond motifs is 2. The van der Waals surface area contributed by atoms with Gasteiger partial charge in [0, 0.05) is 75.1 Å². The number of aliphatic hydroxyl groups is 3. The Balaban J connectivity index is 1.22. The van der Waals surface area contributed by atoms with Crippen molar-refractivity contribution < 1.29 is 42.7 Å². The zero-order valence-electron chi connectivity index (χ0n) is 27.7. The molecule has 1 spiro atoms. The Labute approximate surface area is 281 Å². The number of likely N-dealkylation sites (tertiary alicyclic amines) is 1. The number of hydrogen-bond donors (Lipinski definition) is 3. The number of hydrogen-bond acceptors (Lipinski definition) is 11. The van der Waals surface area contributed by atoms with E-state index in [9.17, 15) is 28.5 Å². The minimum Gasteiger partial charge on any atom is -0.454 e. The fourth-order valence-corrected chi connectivity index (χ4v) is 13.8. The van der Waals surface area contributed by atoms with Gasteiger partial charge in [0.15, 0.2) is 14.9 Å². The highest BCUT2D eigenvalue weighted by Crippen LogP contribution is 2.80. The Morgan fingerprint density at radius 3 is 2.52 bits per heavy atom. The van der Waals surface area contributed by atoms with Crippen molar-refractivity contribution in [3.8, 4) is 0 Å². The number of carbonyl (C=O) groups excluding carboxylic acids is 1. The topological polar surface area (TPSA) is 156 Å². The molecule has 1 aromatic carbocycles. The minimum absolute atomic E-state index is 0.0625. The van der Waals surface area contributed by atoms with Crippen LogP contribution in [0.4, 0.5) is 0 Å². The number of pyridine rings is 1. The summed E-state index contributed by atoms with van der Waals surface area (Å²) in [5.41, 5.74) is -4.15. The predicted molar refractivity (Wildman–Crippen MR) is 172 cm³/mol. The molecule has 6 aliphatic rings. The van der Waals surface area contributed by atoms with Crippen molar-refractivity contribution in [3.05, 3.63) is 59.8 Å². The quantitative estimate of drug-likeness (QED) is 0.334. The lowest BCUT2D eigenvalue weighted by molar-refractivity contribution is -0.333. The molecule has 8 rings (SSSR count). The van der Waals surface area contributed by atoms with Crippen molar-refractivity contribution in [1.82, 2.24) is 9.88 Å². The Morgan fingerprint density at radius 1 is 1.06 bits per heavy atom. The van der Waals surface area contributed by atoms with Crippen LogP contribution in [0.3, 0.4) is 0 Å². The van der Waals surface area contributed by atoms with Crippen LogP contribution in [0.5, 0.6) is 0 Å². The first-order chi connectivity index (χ1) is 23.0. The number of esters is 1. The van der Waals surface area contributed by atoms with Crippen LogP contribution in [-0.4, -0.2) is 109 Å². The number of aromatic nitrogens is 1. The molecule has 5 aliphatic carbocycles. The van der Waals surface area contributed by atoms with E-state index in [1.165, 1.54) is 12.3 Å². The SMILES string of the molecule is CCN1C[C@]2(OC(=O)c3ccccc3CS(=O)(=O)c3ccccn3)CC[C@H](CO)[C@]34C1[C@H](CC23)[C@@]1(O)C[C@H](OC)[C@H]2CC4[C@]1(O)[C@H]2OC. The molecule has 1 aromatic heterocycles. The second kappa shape index (κ2) is 11.0. The Morgan fingerprint density at radius 2 is 1.83 bits per heavy atom. The molecule has 11 nitrogen and oxygen atoms in total. The molecule has 12 heteroatoms. The third kappa shape index (κ3) is 3.94. The Kier molecular flexibility index (Phi) is 7.52. The second-order valence-electron chi connectivity index (χ2n) is 15.2. The van der Waals surface area contributed by atoms with Gasteiger partial charge in [0.2, 0.25) is 0 Å². The fourth-order valence-electron chi connectivity index (χ4n) is 12.4. The molecule has 1 saturated heterocycles. The van der Waals surface area contributed by atoms with Crippen molar-refractivity contribution in [2.24, 2.45) is 35.0 Å². The van der Waals surface area contributed by atoms with Crippen molar-refractivity contribution >= 4 is 15.8 Å². The van der Waals surface area contributed by atoms with Crippen LogP contribution < -0.4 is 0 Å². The second-order valence-corrected chi connectivity index (χ2v) is 17.1. The molecule has 6 fully saturated rings. The molecule has 3 unspecified atom stereocenters. The number of rotatable bonds is 9. The lowest BCUT2D eigenvalue weighted by atomic mass is 9.42. The molecule has 2 aromatic rings. The van der Waals surface area contributed by atoms with Crippen LogP contribution in [0, 0.1) is 35.0 Å². The predicted octanol–water partition coefficient (Wildman–Crippen LogP) is 2.23. The van der Waals surface area contributed by atoms with E-state index in [-0.39, 0.29) is 59.4 Å². The van der Waals surface area contributed by atoms with Crippen LogP contribution in [0.15, 0.2) is 53.7 Å². The van der Waals surface area contributed by atoms with Crippen LogP contribution in [0.25, 0.3) is 0 Å². The lowest BCUT2D eigenvalue weighted by Gasteiger charge is -2.71. The molecular formula is C36H46N2O9S. The van der Waals surface area contributed by atoms with Crippen LogP contribution in [0.1, 0.15) is 54.9 Å². The first kappa shape index (κ1) is 32.7. The van der Waals surface area contributed by atoms with Gasteiger partial charge >= 0.3 is 5.97 Å².